The minimum atomic E-state index is 0.0837. The van der Waals surface area contributed by atoms with Gasteiger partial charge in [-0.25, -0.2) is 0 Å². The van der Waals surface area contributed by atoms with Crippen LogP contribution in [0.3, 0.4) is 0 Å². The molecule has 0 saturated heterocycles. The molecule has 0 aliphatic carbocycles. The number of anilines is 1. The van der Waals surface area contributed by atoms with Crippen molar-refractivity contribution >= 4 is 5.69 Å². The lowest BCUT2D eigenvalue weighted by molar-refractivity contribution is 0.480. The average Bonchev–Trinajstić information content (AvgIpc) is 2.40. The Bertz CT molecular complexity index is 428. The molecular weight excluding hydrogens is 206 g/mol. The maximum atomic E-state index is 2.53. The highest BCUT2D eigenvalue weighted by atomic mass is 15.3. The third-order valence-corrected chi connectivity index (χ3v) is 3.71. The zero-order valence-electron chi connectivity index (χ0n) is 11.8. The average molecular weight is 229 g/mol. The quantitative estimate of drug-likeness (QED) is 0.651. The molecule has 0 saturated carbocycles. The van der Waals surface area contributed by atoms with Crippen molar-refractivity contribution < 1.29 is 0 Å². The van der Waals surface area contributed by atoms with Crippen LogP contribution in [0.25, 0.3) is 0 Å². The van der Waals surface area contributed by atoms with E-state index < -0.39 is 0 Å². The first-order valence-electron chi connectivity index (χ1n) is 6.33. The van der Waals surface area contributed by atoms with Gasteiger partial charge in [0, 0.05) is 5.69 Å². The highest BCUT2D eigenvalue weighted by Gasteiger charge is 2.40. The zero-order valence-corrected chi connectivity index (χ0v) is 11.8. The molecule has 1 aromatic carbocycles. The molecule has 0 bridgehead atoms. The molecule has 0 amide bonds. The van der Waals surface area contributed by atoms with Gasteiger partial charge in [-0.1, -0.05) is 30.4 Å². The van der Waals surface area contributed by atoms with E-state index in [0.29, 0.717) is 0 Å². The van der Waals surface area contributed by atoms with E-state index >= 15 is 0 Å². The van der Waals surface area contributed by atoms with E-state index in [1.807, 2.05) is 0 Å². The summed E-state index contributed by atoms with van der Waals surface area (Å²) in [5.41, 5.74) is 4.26. The van der Waals surface area contributed by atoms with Gasteiger partial charge in [0.05, 0.1) is 11.1 Å². The standard InChI is InChI=1S/C16H23N/c1-12-8-7-9-13(2)14(12)17-15(3,4)10-11-16(17,5)6/h7-11H,1-6H3. The van der Waals surface area contributed by atoms with Crippen LogP contribution in [0.5, 0.6) is 0 Å². The largest absolute Gasteiger partial charge is 0.354 e. The van der Waals surface area contributed by atoms with Gasteiger partial charge >= 0.3 is 0 Å². The number of para-hydroxylation sites is 1. The SMILES string of the molecule is Cc1cccc(C)c1N1C(C)(C)C=CC1(C)C. The highest BCUT2D eigenvalue weighted by Crippen LogP contribution is 2.41. The first kappa shape index (κ1) is 12.2. The topological polar surface area (TPSA) is 3.24 Å². The van der Waals surface area contributed by atoms with Crippen LogP contribution >= 0.6 is 0 Å². The minimum absolute atomic E-state index is 0.0837. The van der Waals surface area contributed by atoms with Gasteiger partial charge in [-0.2, -0.15) is 0 Å². The molecule has 0 N–H and O–H groups in total. The predicted molar refractivity (Wildman–Crippen MR) is 75.7 cm³/mol. The number of aryl methyl sites for hydroxylation is 2. The molecule has 0 radical (unpaired) electrons. The third-order valence-electron chi connectivity index (χ3n) is 3.71. The van der Waals surface area contributed by atoms with E-state index in [1.54, 1.807) is 0 Å². The normalized spacial score (nSPS) is 20.9. The summed E-state index contributed by atoms with van der Waals surface area (Å²) < 4.78 is 0. The fourth-order valence-corrected chi connectivity index (χ4v) is 3.03. The molecule has 0 unspecified atom stereocenters. The van der Waals surface area contributed by atoms with Crippen LogP contribution in [-0.4, -0.2) is 11.1 Å². The van der Waals surface area contributed by atoms with Crippen molar-refractivity contribution in [2.24, 2.45) is 0 Å². The summed E-state index contributed by atoms with van der Waals surface area (Å²) in [5.74, 6) is 0. The number of hydrogen-bond donors (Lipinski definition) is 0. The number of hydrogen-bond acceptors (Lipinski definition) is 1. The van der Waals surface area contributed by atoms with Crippen molar-refractivity contribution in [2.45, 2.75) is 52.6 Å². The molecule has 17 heavy (non-hydrogen) atoms. The lowest BCUT2D eigenvalue weighted by Crippen LogP contribution is -2.50. The van der Waals surface area contributed by atoms with Crippen molar-refractivity contribution in [3.8, 4) is 0 Å². The van der Waals surface area contributed by atoms with Crippen LogP contribution in [0.4, 0.5) is 5.69 Å². The Kier molecular flexibility index (Phi) is 2.61. The molecule has 0 fully saturated rings. The lowest BCUT2D eigenvalue weighted by Gasteiger charge is -2.44. The molecule has 1 aliphatic rings. The zero-order chi connectivity index (χ0) is 12.8. The maximum Gasteiger partial charge on any atom is 0.0538 e. The Morgan fingerprint density at radius 2 is 1.24 bits per heavy atom. The molecule has 92 valence electrons. The van der Waals surface area contributed by atoms with Crippen molar-refractivity contribution in [2.75, 3.05) is 4.90 Å². The van der Waals surface area contributed by atoms with E-state index in [1.165, 1.54) is 16.8 Å². The van der Waals surface area contributed by atoms with Crippen LogP contribution in [0, 0.1) is 13.8 Å². The molecule has 2 rings (SSSR count). The minimum Gasteiger partial charge on any atom is -0.354 e. The second kappa shape index (κ2) is 3.63. The summed E-state index contributed by atoms with van der Waals surface area (Å²) in [5, 5.41) is 0. The second-order valence-electron chi connectivity index (χ2n) is 6.22. The molecule has 1 aromatic rings. The predicted octanol–water partition coefficient (Wildman–Crippen LogP) is 4.24. The van der Waals surface area contributed by atoms with Gasteiger partial charge < -0.3 is 4.90 Å². The van der Waals surface area contributed by atoms with E-state index in [4.69, 9.17) is 0 Å². The maximum absolute atomic E-state index is 2.53. The van der Waals surface area contributed by atoms with E-state index in [0.717, 1.165) is 0 Å². The first-order chi connectivity index (χ1) is 7.76. The van der Waals surface area contributed by atoms with E-state index in [2.05, 4.69) is 76.8 Å². The summed E-state index contributed by atoms with van der Waals surface area (Å²) in [6, 6.07) is 6.54. The van der Waals surface area contributed by atoms with Crippen molar-refractivity contribution in [1.29, 1.82) is 0 Å². The molecule has 1 nitrogen and oxygen atoms in total. The van der Waals surface area contributed by atoms with Crippen molar-refractivity contribution in [3.05, 3.63) is 41.5 Å². The summed E-state index contributed by atoms with van der Waals surface area (Å²) in [6.45, 7) is 13.5. The second-order valence-corrected chi connectivity index (χ2v) is 6.22. The molecule has 1 heteroatoms. The van der Waals surface area contributed by atoms with E-state index in [-0.39, 0.29) is 11.1 Å². The van der Waals surface area contributed by atoms with Crippen LogP contribution < -0.4 is 4.90 Å². The van der Waals surface area contributed by atoms with Crippen LogP contribution in [0.15, 0.2) is 30.4 Å². The van der Waals surface area contributed by atoms with Crippen molar-refractivity contribution in [1.82, 2.24) is 0 Å². The number of benzene rings is 1. The Labute approximate surface area is 105 Å². The summed E-state index contributed by atoms with van der Waals surface area (Å²) in [7, 11) is 0. The lowest BCUT2D eigenvalue weighted by atomic mass is 9.96. The van der Waals surface area contributed by atoms with Crippen LogP contribution in [0.2, 0.25) is 0 Å². The molecule has 0 aromatic heterocycles. The van der Waals surface area contributed by atoms with E-state index in [9.17, 15) is 0 Å². The molecule has 0 atom stereocenters. The molecule has 0 spiro atoms. The smallest absolute Gasteiger partial charge is 0.0538 e. The monoisotopic (exact) mass is 229 g/mol. The fraction of sp³-hybridized carbons (Fsp3) is 0.500. The van der Waals surface area contributed by atoms with Crippen LogP contribution in [-0.2, 0) is 0 Å². The summed E-state index contributed by atoms with van der Waals surface area (Å²) in [4.78, 5) is 2.53. The number of rotatable bonds is 1. The molecule has 1 aliphatic heterocycles. The Hall–Kier alpha value is -1.24. The van der Waals surface area contributed by atoms with Gasteiger partial charge in [0.25, 0.3) is 0 Å². The van der Waals surface area contributed by atoms with Crippen LogP contribution in [0.1, 0.15) is 38.8 Å². The van der Waals surface area contributed by atoms with Crippen molar-refractivity contribution in [3.63, 3.8) is 0 Å². The first-order valence-corrected chi connectivity index (χ1v) is 6.33. The summed E-state index contributed by atoms with van der Waals surface area (Å²) in [6.07, 6.45) is 4.64. The molecule has 1 heterocycles. The third kappa shape index (κ3) is 1.88. The van der Waals surface area contributed by atoms with Gasteiger partial charge in [-0.15, -0.1) is 0 Å². The summed E-state index contributed by atoms with van der Waals surface area (Å²) >= 11 is 0. The van der Waals surface area contributed by atoms with Gasteiger partial charge in [0.1, 0.15) is 0 Å². The Morgan fingerprint density at radius 1 is 0.824 bits per heavy atom. The Balaban J connectivity index is 2.60. The fourth-order valence-electron chi connectivity index (χ4n) is 3.03. The highest BCUT2D eigenvalue weighted by molar-refractivity contribution is 5.65. The van der Waals surface area contributed by atoms with Gasteiger partial charge in [-0.05, 0) is 52.7 Å². The molecular formula is C16H23N. The number of nitrogens with zero attached hydrogens (tertiary/aromatic N) is 1. The van der Waals surface area contributed by atoms with Gasteiger partial charge in [0.15, 0.2) is 0 Å². The van der Waals surface area contributed by atoms with Gasteiger partial charge in [-0.3, -0.25) is 0 Å². The van der Waals surface area contributed by atoms with Gasteiger partial charge in [0.2, 0.25) is 0 Å². The Morgan fingerprint density at radius 3 is 1.65 bits per heavy atom.